The van der Waals surface area contributed by atoms with Crippen molar-refractivity contribution in [1.82, 2.24) is 18.3 Å². The van der Waals surface area contributed by atoms with Gasteiger partial charge in [0.05, 0.1) is 44.1 Å². The van der Waals surface area contributed by atoms with Crippen molar-refractivity contribution in [3.05, 3.63) is 218 Å². The Morgan fingerprint density at radius 3 is 1.23 bits per heavy atom. The monoisotopic (exact) mass is 834 g/mol. The minimum atomic E-state index is -0.327. The normalized spacial score (nSPS) is 13.2. The first-order chi connectivity index (χ1) is 32.1. The zero-order valence-corrected chi connectivity index (χ0v) is 36.0. The third kappa shape index (κ3) is 5.67. The summed E-state index contributed by atoms with van der Waals surface area (Å²) in [5.41, 5.74) is 13.3. The number of para-hydroxylation sites is 6. The molecule has 6 heteroatoms. The van der Waals surface area contributed by atoms with Gasteiger partial charge >= 0.3 is 0 Å². The molecule has 4 heterocycles. The molecule has 1 atom stereocenters. The first-order valence-corrected chi connectivity index (χ1v) is 22.3. The summed E-state index contributed by atoms with van der Waals surface area (Å²) in [6.45, 7) is 4.27. The molecule has 4 aromatic heterocycles. The topological polar surface area (TPSA) is 44.4 Å². The summed E-state index contributed by atoms with van der Waals surface area (Å²) >= 11 is 0. The van der Waals surface area contributed by atoms with Gasteiger partial charge in [-0.15, -0.1) is 0 Å². The highest BCUT2D eigenvalue weighted by atomic mass is 15.2. The van der Waals surface area contributed by atoms with Crippen LogP contribution in [0.25, 0.3) is 98.6 Å². The Morgan fingerprint density at radius 1 is 0.369 bits per heavy atom. The minimum Gasteiger partial charge on any atom is -0.318 e. The number of rotatable bonds is 5. The predicted octanol–water partition coefficient (Wildman–Crippen LogP) is 15.0. The Hall–Kier alpha value is -8.48. The van der Waals surface area contributed by atoms with Crippen LogP contribution in [0.4, 0.5) is 0 Å². The van der Waals surface area contributed by atoms with E-state index in [4.69, 9.17) is 9.98 Å². The SMILES string of the molecule is C/C(=N\C(=N/C(C)n1c2ccccc2c2cc(-n3c4ccccc4c4ccccc43)ccc21)n1c2ccccc2c2cc(-n3c4ccccc4c4ccccc43)ccc21)c1ccccc1. The van der Waals surface area contributed by atoms with Crippen LogP contribution in [-0.2, 0) is 0 Å². The van der Waals surface area contributed by atoms with E-state index < -0.39 is 0 Å². The highest BCUT2D eigenvalue weighted by Gasteiger charge is 2.22. The molecule has 0 amide bonds. The molecular weight excluding hydrogens is 793 g/mol. The zero-order valence-electron chi connectivity index (χ0n) is 36.0. The molecule has 0 radical (unpaired) electrons. The second-order valence-corrected chi connectivity index (χ2v) is 17.0. The first-order valence-electron chi connectivity index (χ1n) is 22.3. The molecule has 0 aliphatic carbocycles. The Labute approximate surface area is 374 Å². The molecule has 0 N–H and O–H groups in total. The van der Waals surface area contributed by atoms with E-state index in [1.165, 1.54) is 54.4 Å². The molecule has 0 bridgehead atoms. The number of aliphatic imine (C=N–C) groups is 2. The van der Waals surface area contributed by atoms with E-state index in [-0.39, 0.29) is 6.17 Å². The Kier molecular flexibility index (Phi) is 8.30. The van der Waals surface area contributed by atoms with Crippen LogP contribution >= 0.6 is 0 Å². The summed E-state index contributed by atoms with van der Waals surface area (Å²) in [5.74, 6) is 0.627. The number of fused-ring (bicyclic) bond motifs is 12. The van der Waals surface area contributed by atoms with Crippen molar-refractivity contribution in [1.29, 1.82) is 0 Å². The zero-order chi connectivity index (χ0) is 43.2. The van der Waals surface area contributed by atoms with Crippen LogP contribution in [0.1, 0.15) is 25.6 Å². The fourth-order valence-corrected chi connectivity index (χ4v) is 10.5. The lowest BCUT2D eigenvalue weighted by Crippen LogP contribution is -2.15. The van der Waals surface area contributed by atoms with Crippen LogP contribution in [0, 0.1) is 0 Å². The van der Waals surface area contributed by atoms with Gasteiger partial charge in [0.1, 0.15) is 6.17 Å². The van der Waals surface area contributed by atoms with E-state index in [0.717, 1.165) is 55.5 Å². The van der Waals surface area contributed by atoms with E-state index >= 15 is 0 Å². The van der Waals surface area contributed by atoms with Gasteiger partial charge in [-0.05, 0) is 92.2 Å². The number of benzene rings is 9. The number of hydrogen-bond acceptors (Lipinski definition) is 1. The molecule has 0 aliphatic heterocycles. The first kappa shape index (κ1) is 37.1. The molecule has 0 spiro atoms. The van der Waals surface area contributed by atoms with Gasteiger partial charge in [0, 0.05) is 60.2 Å². The maximum absolute atomic E-state index is 5.68. The minimum absolute atomic E-state index is 0.327. The van der Waals surface area contributed by atoms with Crippen LogP contribution in [0.3, 0.4) is 0 Å². The molecule has 13 aromatic rings. The van der Waals surface area contributed by atoms with E-state index in [1.807, 2.05) is 6.07 Å². The summed E-state index contributed by atoms with van der Waals surface area (Å²) in [4.78, 5) is 11.1. The molecule has 6 nitrogen and oxygen atoms in total. The smallest absolute Gasteiger partial charge is 0.232 e. The van der Waals surface area contributed by atoms with E-state index in [9.17, 15) is 0 Å². The summed E-state index contributed by atoms with van der Waals surface area (Å²) in [7, 11) is 0. The van der Waals surface area contributed by atoms with Crippen molar-refractivity contribution in [3.63, 3.8) is 0 Å². The predicted molar refractivity (Wildman–Crippen MR) is 274 cm³/mol. The third-order valence-electron chi connectivity index (χ3n) is 13.4. The molecule has 0 saturated carbocycles. The maximum atomic E-state index is 5.68. The maximum Gasteiger partial charge on any atom is 0.232 e. The van der Waals surface area contributed by atoms with Crippen molar-refractivity contribution in [3.8, 4) is 11.4 Å². The summed E-state index contributed by atoms with van der Waals surface area (Å²) in [5, 5.41) is 9.64. The van der Waals surface area contributed by atoms with Gasteiger partial charge in [0.2, 0.25) is 5.96 Å². The van der Waals surface area contributed by atoms with Gasteiger partial charge in [-0.25, -0.2) is 9.98 Å². The van der Waals surface area contributed by atoms with Gasteiger partial charge in [0.25, 0.3) is 0 Å². The molecule has 0 saturated heterocycles. The highest BCUT2D eigenvalue weighted by molar-refractivity contribution is 6.18. The molecule has 13 rings (SSSR count). The molecule has 0 fully saturated rings. The average molecular weight is 835 g/mol. The van der Waals surface area contributed by atoms with Crippen molar-refractivity contribution in [2.45, 2.75) is 20.0 Å². The molecule has 308 valence electrons. The largest absolute Gasteiger partial charge is 0.318 e. The second kappa shape index (κ2) is 14.5. The lowest BCUT2D eigenvalue weighted by molar-refractivity contribution is 0.610. The third-order valence-corrected chi connectivity index (χ3v) is 13.4. The fraction of sp³-hybridized carbons (Fsp3) is 0.0508. The van der Waals surface area contributed by atoms with Gasteiger partial charge in [-0.1, -0.05) is 140 Å². The molecule has 65 heavy (non-hydrogen) atoms. The average Bonchev–Trinajstić information content (AvgIpc) is 4.09. The molecule has 0 aliphatic rings. The summed E-state index contributed by atoms with van der Waals surface area (Å²) in [6.07, 6.45) is -0.327. The van der Waals surface area contributed by atoms with Crippen molar-refractivity contribution >= 4 is 98.9 Å². The van der Waals surface area contributed by atoms with Crippen LogP contribution in [0.2, 0.25) is 0 Å². The molecular formula is C59H42N6. The molecule has 9 aromatic carbocycles. The standard InChI is InChI=1S/C59H42N6/c1-38(40-18-4-3-5-19-40)60-59(65-56-31-17-11-25-48(56)50-37-42(33-35-58(50)65)64-54-29-15-8-22-45(54)46-23-9-16-30-55(46)64)61-39(2)62-51-26-12-10-24-47(51)49-36-41(32-34-57(49)62)63-52-27-13-6-20-43(52)44-21-7-14-28-53(44)63/h3-37,39H,1-2H3/b60-38+,61-59+. The number of aromatic nitrogens is 4. The number of hydrogen-bond donors (Lipinski definition) is 0. The van der Waals surface area contributed by atoms with E-state index in [2.05, 4.69) is 238 Å². The van der Waals surface area contributed by atoms with Crippen LogP contribution in [0.15, 0.2) is 222 Å². The molecule has 1 unspecified atom stereocenters. The fourth-order valence-electron chi connectivity index (χ4n) is 10.5. The second-order valence-electron chi connectivity index (χ2n) is 17.0. The van der Waals surface area contributed by atoms with E-state index in [1.54, 1.807) is 0 Å². The van der Waals surface area contributed by atoms with Crippen LogP contribution in [0.5, 0.6) is 0 Å². The Morgan fingerprint density at radius 2 is 0.723 bits per heavy atom. The van der Waals surface area contributed by atoms with Crippen molar-refractivity contribution < 1.29 is 0 Å². The van der Waals surface area contributed by atoms with Crippen LogP contribution < -0.4 is 0 Å². The van der Waals surface area contributed by atoms with Gasteiger partial charge in [-0.3, -0.25) is 4.57 Å². The van der Waals surface area contributed by atoms with Gasteiger partial charge in [0.15, 0.2) is 0 Å². The van der Waals surface area contributed by atoms with Gasteiger partial charge < -0.3 is 13.7 Å². The lowest BCUT2D eigenvalue weighted by atomic mass is 10.1. The summed E-state index contributed by atoms with van der Waals surface area (Å²) < 4.78 is 9.42. The van der Waals surface area contributed by atoms with E-state index in [0.29, 0.717) is 5.96 Å². The van der Waals surface area contributed by atoms with Crippen LogP contribution in [-0.4, -0.2) is 29.9 Å². The summed E-state index contributed by atoms with van der Waals surface area (Å²) in [6, 6.07) is 76.3. The lowest BCUT2D eigenvalue weighted by Gasteiger charge is -2.17. The van der Waals surface area contributed by atoms with Crippen molar-refractivity contribution in [2.75, 3.05) is 0 Å². The van der Waals surface area contributed by atoms with Gasteiger partial charge in [-0.2, -0.15) is 0 Å². The quantitative estimate of drug-likeness (QED) is 0.122. The highest BCUT2D eigenvalue weighted by Crippen LogP contribution is 2.39. The Balaban J connectivity index is 1.02. The van der Waals surface area contributed by atoms with Crippen molar-refractivity contribution in [2.24, 2.45) is 9.98 Å². The number of nitrogens with zero attached hydrogens (tertiary/aromatic N) is 6. The Bertz CT molecular complexity index is 3990.